The van der Waals surface area contributed by atoms with Crippen molar-refractivity contribution in [3.8, 4) is 0 Å². The molecule has 0 aliphatic carbocycles. The summed E-state index contributed by atoms with van der Waals surface area (Å²) < 4.78 is 5.69. The quantitative estimate of drug-likeness (QED) is 0.692. The average Bonchev–Trinajstić information content (AvgIpc) is 2.30. The third-order valence-electron chi connectivity index (χ3n) is 2.71. The van der Waals surface area contributed by atoms with Gasteiger partial charge < -0.3 is 4.74 Å². The Labute approximate surface area is 85.4 Å². The van der Waals surface area contributed by atoms with E-state index in [1.807, 2.05) is 18.2 Å². The molecule has 0 spiro atoms. The lowest BCUT2D eigenvalue weighted by Gasteiger charge is -2.24. The first-order valence-electron chi connectivity index (χ1n) is 5.24. The molecule has 1 aromatic rings. The highest BCUT2D eigenvalue weighted by Gasteiger charge is 2.17. The molecule has 1 aliphatic heterocycles. The van der Waals surface area contributed by atoms with Gasteiger partial charge in [-0.3, -0.25) is 0 Å². The normalized spacial score (nSPS) is 21.9. The Bertz CT molecular complexity index is 296. The molecule has 0 N–H and O–H groups in total. The van der Waals surface area contributed by atoms with Crippen LogP contribution in [0.25, 0.3) is 5.57 Å². The van der Waals surface area contributed by atoms with Gasteiger partial charge in [-0.25, -0.2) is 0 Å². The zero-order chi connectivity index (χ0) is 9.80. The SMILES string of the molecule is C=C(c1ccccc1)[C@@H]1CCCCO1. The molecule has 0 aromatic heterocycles. The van der Waals surface area contributed by atoms with Crippen LogP contribution in [0.2, 0.25) is 0 Å². The molecule has 0 unspecified atom stereocenters. The van der Waals surface area contributed by atoms with Crippen LogP contribution in [0.3, 0.4) is 0 Å². The molecule has 1 nitrogen and oxygen atoms in total. The van der Waals surface area contributed by atoms with Gasteiger partial charge in [-0.05, 0) is 30.4 Å². The first-order chi connectivity index (χ1) is 6.88. The highest BCUT2D eigenvalue weighted by Crippen LogP contribution is 2.25. The topological polar surface area (TPSA) is 9.23 Å². The molecule has 1 aliphatic rings. The molecule has 0 bridgehead atoms. The van der Waals surface area contributed by atoms with Gasteiger partial charge >= 0.3 is 0 Å². The number of ether oxygens (including phenoxy) is 1. The van der Waals surface area contributed by atoms with Gasteiger partial charge in [0, 0.05) is 6.61 Å². The van der Waals surface area contributed by atoms with E-state index >= 15 is 0 Å². The summed E-state index contributed by atoms with van der Waals surface area (Å²) in [5.41, 5.74) is 2.34. The maximum Gasteiger partial charge on any atom is 0.0825 e. The Hall–Kier alpha value is -1.08. The van der Waals surface area contributed by atoms with Crippen molar-refractivity contribution in [3.05, 3.63) is 42.5 Å². The minimum Gasteiger partial charge on any atom is -0.374 e. The van der Waals surface area contributed by atoms with Crippen molar-refractivity contribution in [1.29, 1.82) is 0 Å². The number of benzene rings is 1. The summed E-state index contributed by atoms with van der Waals surface area (Å²) in [6, 6.07) is 10.3. The van der Waals surface area contributed by atoms with E-state index in [9.17, 15) is 0 Å². The molecule has 0 amide bonds. The van der Waals surface area contributed by atoms with Crippen LogP contribution in [-0.4, -0.2) is 12.7 Å². The van der Waals surface area contributed by atoms with Gasteiger partial charge in [0.1, 0.15) is 0 Å². The van der Waals surface area contributed by atoms with Crippen LogP contribution in [0.15, 0.2) is 36.9 Å². The fourth-order valence-electron chi connectivity index (χ4n) is 1.85. The molecule has 0 radical (unpaired) electrons. The van der Waals surface area contributed by atoms with E-state index in [0.717, 1.165) is 18.6 Å². The van der Waals surface area contributed by atoms with Crippen molar-refractivity contribution >= 4 is 5.57 Å². The molecule has 0 saturated carbocycles. The lowest BCUT2D eigenvalue weighted by atomic mass is 9.97. The average molecular weight is 188 g/mol. The number of hydrogen-bond acceptors (Lipinski definition) is 1. The van der Waals surface area contributed by atoms with E-state index in [4.69, 9.17) is 4.74 Å². The molecule has 74 valence electrons. The van der Waals surface area contributed by atoms with E-state index in [0.29, 0.717) is 0 Å². The smallest absolute Gasteiger partial charge is 0.0825 e. The van der Waals surface area contributed by atoms with Crippen LogP contribution in [-0.2, 0) is 4.74 Å². The van der Waals surface area contributed by atoms with Crippen LogP contribution < -0.4 is 0 Å². The third kappa shape index (κ3) is 2.05. The molecule has 1 saturated heterocycles. The molecular weight excluding hydrogens is 172 g/mol. The Kier molecular flexibility index (Phi) is 3.00. The van der Waals surface area contributed by atoms with E-state index < -0.39 is 0 Å². The molecule has 1 heteroatoms. The standard InChI is InChI=1S/C13H16O/c1-11(12-7-3-2-4-8-12)13-9-5-6-10-14-13/h2-4,7-8,13H,1,5-6,9-10H2/t13-/m0/s1. The predicted octanol–water partition coefficient (Wildman–Crippen LogP) is 3.27. The maximum absolute atomic E-state index is 5.69. The Morgan fingerprint density at radius 1 is 1.21 bits per heavy atom. The highest BCUT2D eigenvalue weighted by molar-refractivity contribution is 5.66. The molecule has 14 heavy (non-hydrogen) atoms. The molecule has 1 atom stereocenters. The summed E-state index contributed by atoms with van der Waals surface area (Å²) in [4.78, 5) is 0. The molecule has 1 fully saturated rings. The maximum atomic E-state index is 5.69. The van der Waals surface area contributed by atoms with Crippen LogP contribution in [0.5, 0.6) is 0 Å². The van der Waals surface area contributed by atoms with Gasteiger partial charge in [0.2, 0.25) is 0 Å². The lowest BCUT2D eigenvalue weighted by molar-refractivity contribution is 0.0530. The first-order valence-corrected chi connectivity index (χ1v) is 5.24. The van der Waals surface area contributed by atoms with Crippen LogP contribution >= 0.6 is 0 Å². The summed E-state index contributed by atoms with van der Waals surface area (Å²) in [5.74, 6) is 0. The lowest BCUT2D eigenvalue weighted by Crippen LogP contribution is -2.19. The fraction of sp³-hybridized carbons (Fsp3) is 0.385. The van der Waals surface area contributed by atoms with Crippen LogP contribution in [0, 0.1) is 0 Å². The van der Waals surface area contributed by atoms with Gasteiger partial charge in [0.15, 0.2) is 0 Å². The van der Waals surface area contributed by atoms with Gasteiger partial charge in [0.25, 0.3) is 0 Å². The van der Waals surface area contributed by atoms with Crippen molar-refractivity contribution in [2.24, 2.45) is 0 Å². The van der Waals surface area contributed by atoms with Gasteiger partial charge in [0.05, 0.1) is 6.10 Å². The van der Waals surface area contributed by atoms with Gasteiger partial charge in [-0.2, -0.15) is 0 Å². The zero-order valence-electron chi connectivity index (χ0n) is 8.41. The predicted molar refractivity (Wildman–Crippen MR) is 59.1 cm³/mol. The van der Waals surface area contributed by atoms with Crippen molar-refractivity contribution in [1.82, 2.24) is 0 Å². The van der Waals surface area contributed by atoms with Crippen molar-refractivity contribution < 1.29 is 4.74 Å². The second kappa shape index (κ2) is 4.43. The number of hydrogen-bond donors (Lipinski definition) is 0. The molecule has 1 heterocycles. The summed E-state index contributed by atoms with van der Waals surface area (Å²) in [6.45, 7) is 5.01. The highest BCUT2D eigenvalue weighted by atomic mass is 16.5. The van der Waals surface area contributed by atoms with Crippen LogP contribution in [0.4, 0.5) is 0 Å². The monoisotopic (exact) mass is 188 g/mol. The minimum absolute atomic E-state index is 0.242. The summed E-state index contributed by atoms with van der Waals surface area (Å²) in [6.07, 6.45) is 3.81. The Balaban J connectivity index is 2.07. The molecule has 1 aromatic carbocycles. The van der Waals surface area contributed by atoms with E-state index in [2.05, 4.69) is 18.7 Å². The molecule has 2 rings (SSSR count). The summed E-state index contributed by atoms with van der Waals surface area (Å²) in [5, 5.41) is 0. The van der Waals surface area contributed by atoms with Crippen molar-refractivity contribution in [3.63, 3.8) is 0 Å². The second-order valence-corrected chi connectivity index (χ2v) is 3.75. The first kappa shape index (κ1) is 9.47. The second-order valence-electron chi connectivity index (χ2n) is 3.75. The minimum atomic E-state index is 0.242. The molecular formula is C13H16O. The van der Waals surface area contributed by atoms with Gasteiger partial charge in [-0.1, -0.05) is 36.9 Å². The zero-order valence-corrected chi connectivity index (χ0v) is 8.41. The van der Waals surface area contributed by atoms with Crippen LogP contribution in [0.1, 0.15) is 24.8 Å². The van der Waals surface area contributed by atoms with E-state index in [1.165, 1.54) is 18.4 Å². The Morgan fingerprint density at radius 2 is 2.00 bits per heavy atom. The summed E-state index contributed by atoms with van der Waals surface area (Å²) in [7, 11) is 0. The fourth-order valence-corrected chi connectivity index (χ4v) is 1.85. The summed E-state index contributed by atoms with van der Waals surface area (Å²) >= 11 is 0. The Morgan fingerprint density at radius 3 is 2.64 bits per heavy atom. The van der Waals surface area contributed by atoms with Gasteiger partial charge in [-0.15, -0.1) is 0 Å². The van der Waals surface area contributed by atoms with Crippen molar-refractivity contribution in [2.75, 3.05) is 6.61 Å². The largest absolute Gasteiger partial charge is 0.374 e. The number of rotatable bonds is 2. The van der Waals surface area contributed by atoms with Crippen molar-refractivity contribution in [2.45, 2.75) is 25.4 Å². The van der Waals surface area contributed by atoms with E-state index in [-0.39, 0.29) is 6.10 Å². The van der Waals surface area contributed by atoms with E-state index in [1.54, 1.807) is 0 Å². The third-order valence-corrected chi connectivity index (χ3v) is 2.71.